The fourth-order valence-electron chi connectivity index (χ4n) is 1.26. The second-order valence-corrected chi connectivity index (χ2v) is 4.89. The Morgan fingerprint density at radius 3 is 2.35 bits per heavy atom. The third-order valence-electron chi connectivity index (χ3n) is 3.05. The smallest absolute Gasteiger partial charge is 0.326 e. The molecule has 4 N–H and O–H groups in total. The summed E-state index contributed by atoms with van der Waals surface area (Å²) in [7, 11) is 0. The van der Waals surface area contributed by atoms with Crippen LogP contribution in [-0.4, -0.2) is 29.6 Å². The molecule has 0 aliphatic heterocycles. The molecule has 0 aliphatic rings. The Hall–Kier alpha value is -1.10. The molecule has 0 radical (unpaired) electrons. The molecule has 0 aromatic carbocycles. The molecule has 1 unspecified atom stereocenters. The molecule has 0 bridgehead atoms. The molecular weight excluding hydrogens is 220 g/mol. The van der Waals surface area contributed by atoms with E-state index in [0.29, 0.717) is 25.8 Å². The van der Waals surface area contributed by atoms with E-state index in [1.54, 1.807) is 13.8 Å². The van der Waals surface area contributed by atoms with Crippen molar-refractivity contribution in [3.8, 4) is 0 Å². The number of nitrogens with one attached hydrogen (secondary N) is 1. The number of aliphatic carboxylic acids is 1. The van der Waals surface area contributed by atoms with E-state index in [-0.39, 0.29) is 5.91 Å². The standard InChI is InChI=1S/C12H24N2O3/c1-4-12(2,3)11(17)14-9(10(15)16)7-5-6-8-13/h9H,4-8,13H2,1-3H3,(H,14,17)(H,15,16). The van der Waals surface area contributed by atoms with Crippen LogP contribution in [0, 0.1) is 5.41 Å². The molecule has 5 nitrogen and oxygen atoms in total. The van der Waals surface area contributed by atoms with Crippen molar-refractivity contribution in [2.45, 2.75) is 52.5 Å². The SMILES string of the molecule is CCC(C)(C)C(=O)NC(CCCCN)C(=O)O. The van der Waals surface area contributed by atoms with Gasteiger partial charge in [0.15, 0.2) is 0 Å². The van der Waals surface area contributed by atoms with E-state index in [9.17, 15) is 9.59 Å². The van der Waals surface area contributed by atoms with Crippen molar-refractivity contribution in [2.75, 3.05) is 6.54 Å². The van der Waals surface area contributed by atoms with Crippen molar-refractivity contribution in [3.05, 3.63) is 0 Å². The van der Waals surface area contributed by atoms with Crippen LogP contribution < -0.4 is 11.1 Å². The highest BCUT2D eigenvalue weighted by atomic mass is 16.4. The third kappa shape index (κ3) is 5.68. The highest BCUT2D eigenvalue weighted by Gasteiger charge is 2.29. The van der Waals surface area contributed by atoms with Crippen LogP contribution in [0.2, 0.25) is 0 Å². The average molecular weight is 244 g/mol. The number of amides is 1. The van der Waals surface area contributed by atoms with Gasteiger partial charge in [-0.3, -0.25) is 4.79 Å². The van der Waals surface area contributed by atoms with Gasteiger partial charge in [-0.1, -0.05) is 20.8 Å². The van der Waals surface area contributed by atoms with Crippen LogP contribution in [0.25, 0.3) is 0 Å². The van der Waals surface area contributed by atoms with E-state index in [1.807, 2.05) is 6.92 Å². The lowest BCUT2D eigenvalue weighted by Crippen LogP contribution is -2.46. The van der Waals surface area contributed by atoms with Crippen LogP contribution in [0.3, 0.4) is 0 Å². The minimum Gasteiger partial charge on any atom is -0.480 e. The number of carboxylic acid groups (broad SMARTS) is 1. The van der Waals surface area contributed by atoms with Crippen LogP contribution >= 0.6 is 0 Å². The summed E-state index contributed by atoms with van der Waals surface area (Å²) in [6, 6.07) is -0.806. The van der Waals surface area contributed by atoms with Crippen molar-refractivity contribution in [1.29, 1.82) is 0 Å². The van der Waals surface area contributed by atoms with E-state index in [0.717, 1.165) is 6.42 Å². The maximum absolute atomic E-state index is 11.8. The lowest BCUT2D eigenvalue weighted by Gasteiger charge is -2.24. The number of hydrogen-bond donors (Lipinski definition) is 3. The Labute approximate surface area is 103 Å². The highest BCUT2D eigenvalue weighted by Crippen LogP contribution is 2.20. The normalized spacial score (nSPS) is 13.2. The minimum atomic E-state index is -0.984. The van der Waals surface area contributed by atoms with E-state index < -0.39 is 17.4 Å². The number of nitrogens with two attached hydrogens (primary N) is 1. The molecule has 0 saturated heterocycles. The molecule has 1 atom stereocenters. The third-order valence-corrected chi connectivity index (χ3v) is 3.05. The zero-order valence-corrected chi connectivity index (χ0v) is 11.0. The molecule has 0 saturated carbocycles. The summed E-state index contributed by atoms with van der Waals surface area (Å²) >= 11 is 0. The maximum atomic E-state index is 11.8. The molecule has 17 heavy (non-hydrogen) atoms. The average Bonchev–Trinajstić information content (AvgIpc) is 2.27. The van der Waals surface area contributed by atoms with Crippen LogP contribution in [0.4, 0.5) is 0 Å². The summed E-state index contributed by atoms with van der Waals surface area (Å²) < 4.78 is 0. The van der Waals surface area contributed by atoms with E-state index >= 15 is 0 Å². The number of carbonyl (C=O) groups is 2. The second kappa shape index (κ2) is 7.27. The largest absolute Gasteiger partial charge is 0.480 e. The van der Waals surface area contributed by atoms with Gasteiger partial charge in [-0.25, -0.2) is 4.79 Å². The Bertz CT molecular complexity index is 264. The molecule has 0 heterocycles. The van der Waals surface area contributed by atoms with Crippen molar-refractivity contribution in [3.63, 3.8) is 0 Å². The summed E-state index contributed by atoms with van der Waals surface area (Å²) in [6.45, 7) is 6.06. The summed E-state index contributed by atoms with van der Waals surface area (Å²) in [6.07, 6.45) is 2.59. The van der Waals surface area contributed by atoms with Crippen LogP contribution in [-0.2, 0) is 9.59 Å². The molecule has 0 aliphatic carbocycles. The van der Waals surface area contributed by atoms with E-state index in [2.05, 4.69) is 5.32 Å². The van der Waals surface area contributed by atoms with Gasteiger partial charge in [0, 0.05) is 5.41 Å². The molecule has 0 rings (SSSR count). The molecule has 0 fully saturated rings. The Balaban J connectivity index is 4.35. The molecule has 0 aromatic rings. The molecule has 100 valence electrons. The van der Waals surface area contributed by atoms with Gasteiger partial charge in [-0.05, 0) is 32.2 Å². The first-order valence-electron chi connectivity index (χ1n) is 6.09. The van der Waals surface area contributed by atoms with Gasteiger partial charge in [0.05, 0.1) is 0 Å². The van der Waals surface area contributed by atoms with E-state index in [1.165, 1.54) is 0 Å². The number of carboxylic acids is 1. The Morgan fingerprint density at radius 1 is 1.35 bits per heavy atom. The fraction of sp³-hybridized carbons (Fsp3) is 0.833. The maximum Gasteiger partial charge on any atom is 0.326 e. The topological polar surface area (TPSA) is 92.4 Å². The van der Waals surface area contributed by atoms with Crippen molar-refractivity contribution in [2.24, 2.45) is 11.1 Å². The number of rotatable bonds is 8. The highest BCUT2D eigenvalue weighted by molar-refractivity contribution is 5.86. The van der Waals surface area contributed by atoms with Gasteiger partial charge in [0.2, 0.25) is 5.91 Å². The van der Waals surface area contributed by atoms with Gasteiger partial charge in [0.1, 0.15) is 6.04 Å². The van der Waals surface area contributed by atoms with Gasteiger partial charge in [0.25, 0.3) is 0 Å². The summed E-state index contributed by atoms with van der Waals surface area (Å²) in [5.74, 6) is -1.19. The number of hydrogen-bond acceptors (Lipinski definition) is 3. The number of carbonyl (C=O) groups excluding carboxylic acids is 1. The van der Waals surface area contributed by atoms with Crippen molar-refractivity contribution in [1.82, 2.24) is 5.32 Å². The zero-order chi connectivity index (χ0) is 13.5. The van der Waals surface area contributed by atoms with Gasteiger partial charge in [-0.15, -0.1) is 0 Å². The number of unbranched alkanes of at least 4 members (excludes halogenated alkanes) is 1. The quantitative estimate of drug-likeness (QED) is 0.558. The summed E-state index contributed by atoms with van der Waals surface area (Å²) in [5.41, 5.74) is 4.82. The summed E-state index contributed by atoms with van der Waals surface area (Å²) in [5, 5.41) is 11.6. The first-order valence-corrected chi connectivity index (χ1v) is 6.09. The first kappa shape index (κ1) is 15.9. The van der Waals surface area contributed by atoms with Crippen molar-refractivity contribution >= 4 is 11.9 Å². The lowest BCUT2D eigenvalue weighted by atomic mass is 9.89. The van der Waals surface area contributed by atoms with Gasteiger partial charge < -0.3 is 16.2 Å². The first-order chi connectivity index (χ1) is 7.85. The van der Waals surface area contributed by atoms with Crippen LogP contribution in [0.1, 0.15) is 46.5 Å². The molecule has 0 spiro atoms. The Morgan fingerprint density at radius 2 is 1.94 bits per heavy atom. The monoisotopic (exact) mass is 244 g/mol. The van der Waals surface area contributed by atoms with Crippen LogP contribution in [0.15, 0.2) is 0 Å². The van der Waals surface area contributed by atoms with Crippen LogP contribution in [0.5, 0.6) is 0 Å². The zero-order valence-electron chi connectivity index (χ0n) is 11.0. The van der Waals surface area contributed by atoms with E-state index in [4.69, 9.17) is 10.8 Å². The Kier molecular flexibility index (Phi) is 6.80. The minimum absolute atomic E-state index is 0.208. The molecule has 0 aromatic heterocycles. The van der Waals surface area contributed by atoms with Crippen molar-refractivity contribution < 1.29 is 14.7 Å². The predicted octanol–water partition coefficient (Wildman–Crippen LogP) is 1.12. The molecule has 1 amide bonds. The lowest BCUT2D eigenvalue weighted by molar-refractivity contribution is -0.143. The predicted molar refractivity (Wildman–Crippen MR) is 66.5 cm³/mol. The van der Waals surface area contributed by atoms with Gasteiger partial charge in [-0.2, -0.15) is 0 Å². The molecule has 5 heteroatoms. The summed E-state index contributed by atoms with van der Waals surface area (Å²) in [4.78, 5) is 22.8. The van der Waals surface area contributed by atoms with Gasteiger partial charge >= 0.3 is 5.97 Å². The fourth-order valence-corrected chi connectivity index (χ4v) is 1.26. The molecular formula is C12H24N2O3. The second-order valence-electron chi connectivity index (χ2n) is 4.89.